The van der Waals surface area contributed by atoms with Crippen LogP contribution in [0.15, 0.2) is 24.3 Å². The molecule has 132 valence electrons. The molecule has 1 aromatic carbocycles. The molecule has 0 aliphatic carbocycles. The lowest BCUT2D eigenvalue weighted by Gasteiger charge is -2.37. The van der Waals surface area contributed by atoms with Crippen LogP contribution in [0.4, 0.5) is 0 Å². The minimum atomic E-state index is -0.182. The van der Waals surface area contributed by atoms with Crippen molar-refractivity contribution in [3.63, 3.8) is 0 Å². The maximum Gasteiger partial charge on any atom is 0.242 e. The molecule has 1 amide bonds. The van der Waals surface area contributed by atoms with Crippen molar-refractivity contribution >= 4 is 17.5 Å². The minimum Gasteiger partial charge on any atom is -0.492 e. The maximum absolute atomic E-state index is 12.4. The number of nitrogens with one attached hydrogen (secondary N) is 1. The van der Waals surface area contributed by atoms with Crippen LogP contribution in [-0.4, -0.2) is 80.8 Å². The third kappa shape index (κ3) is 4.83. The summed E-state index contributed by atoms with van der Waals surface area (Å²) in [5, 5.41) is 3.93. The number of carbonyl (C=O) groups is 1. The smallest absolute Gasteiger partial charge is 0.242 e. The van der Waals surface area contributed by atoms with E-state index in [1.165, 1.54) is 0 Å². The molecule has 2 aliphatic heterocycles. The number of piperazine rings is 1. The Bertz CT molecular complexity index is 526. The second kappa shape index (κ2) is 8.67. The molecule has 24 heavy (non-hydrogen) atoms. The molecule has 1 atom stereocenters. The number of benzene rings is 1. The van der Waals surface area contributed by atoms with Gasteiger partial charge in [0.15, 0.2) is 0 Å². The summed E-state index contributed by atoms with van der Waals surface area (Å²) in [4.78, 5) is 16.7. The first-order valence-corrected chi connectivity index (χ1v) is 8.81. The number of rotatable bonds is 5. The van der Waals surface area contributed by atoms with Crippen LogP contribution in [0.1, 0.15) is 0 Å². The molecule has 0 spiro atoms. The molecular weight excluding hydrogens is 330 g/mol. The van der Waals surface area contributed by atoms with Gasteiger partial charge in [-0.25, -0.2) is 0 Å². The molecule has 1 aromatic rings. The Morgan fingerprint density at radius 3 is 2.67 bits per heavy atom. The molecule has 3 rings (SSSR count). The van der Waals surface area contributed by atoms with Crippen LogP contribution in [0, 0.1) is 0 Å². The van der Waals surface area contributed by atoms with E-state index in [4.69, 9.17) is 21.1 Å². The summed E-state index contributed by atoms with van der Waals surface area (Å²) >= 11 is 5.85. The highest BCUT2D eigenvalue weighted by Gasteiger charge is 2.28. The van der Waals surface area contributed by atoms with Crippen LogP contribution in [0.3, 0.4) is 0 Å². The van der Waals surface area contributed by atoms with Crippen LogP contribution in [0.5, 0.6) is 5.75 Å². The molecule has 2 saturated heterocycles. The molecule has 0 radical (unpaired) electrons. The summed E-state index contributed by atoms with van der Waals surface area (Å²) in [6, 6.07) is 7.21. The molecule has 6 nitrogen and oxygen atoms in total. The second-order valence-electron chi connectivity index (χ2n) is 6.05. The van der Waals surface area contributed by atoms with E-state index in [2.05, 4.69) is 10.2 Å². The van der Waals surface area contributed by atoms with E-state index in [9.17, 15) is 4.79 Å². The van der Waals surface area contributed by atoms with Gasteiger partial charge in [-0.15, -0.1) is 0 Å². The average molecular weight is 354 g/mol. The van der Waals surface area contributed by atoms with Crippen molar-refractivity contribution in [3.05, 3.63) is 29.3 Å². The van der Waals surface area contributed by atoms with Crippen molar-refractivity contribution in [2.45, 2.75) is 6.04 Å². The normalized spacial score (nSPS) is 22.4. The van der Waals surface area contributed by atoms with Gasteiger partial charge >= 0.3 is 0 Å². The van der Waals surface area contributed by atoms with Gasteiger partial charge in [0.25, 0.3) is 0 Å². The van der Waals surface area contributed by atoms with Gasteiger partial charge in [0, 0.05) is 44.3 Å². The molecule has 0 aromatic heterocycles. The summed E-state index contributed by atoms with van der Waals surface area (Å²) in [6.07, 6.45) is 0. The van der Waals surface area contributed by atoms with E-state index < -0.39 is 0 Å². The van der Waals surface area contributed by atoms with Crippen LogP contribution in [0.2, 0.25) is 5.02 Å². The Hall–Kier alpha value is -1.34. The zero-order chi connectivity index (χ0) is 16.8. The highest BCUT2D eigenvalue weighted by atomic mass is 35.5. The summed E-state index contributed by atoms with van der Waals surface area (Å²) in [7, 11) is 0. The van der Waals surface area contributed by atoms with Crippen LogP contribution in [0.25, 0.3) is 0 Å². The summed E-state index contributed by atoms with van der Waals surface area (Å²) < 4.78 is 11.1. The van der Waals surface area contributed by atoms with E-state index in [-0.39, 0.29) is 11.9 Å². The maximum atomic E-state index is 12.4. The Morgan fingerprint density at radius 1 is 1.25 bits per heavy atom. The number of nitrogens with zero attached hydrogens (tertiary/aromatic N) is 2. The van der Waals surface area contributed by atoms with E-state index in [0.717, 1.165) is 45.0 Å². The van der Waals surface area contributed by atoms with E-state index >= 15 is 0 Å². The van der Waals surface area contributed by atoms with E-state index in [1.54, 1.807) is 0 Å². The number of hydrogen-bond donors (Lipinski definition) is 1. The van der Waals surface area contributed by atoms with Crippen molar-refractivity contribution in [2.75, 3.05) is 59.1 Å². The van der Waals surface area contributed by atoms with Gasteiger partial charge < -0.3 is 19.7 Å². The van der Waals surface area contributed by atoms with Gasteiger partial charge in [-0.3, -0.25) is 9.69 Å². The Morgan fingerprint density at radius 2 is 2.00 bits per heavy atom. The van der Waals surface area contributed by atoms with Gasteiger partial charge in [-0.05, 0) is 24.3 Å². The van der Waals surface area contributed by atoms with Crippen LogP contribution >= 0.6 is 11.6 Å². The van der Waals surface area contributed by atoms with Gasteiger partial charge in [0.2, 0.25) is 5.91 Å². The summed E-state index contributed by atoms with van der Waals surface area (Å²) in [5.41, 5.74) is 0. The van der Waals surface area contributed by atoms with Gasteiger partial charge in [-0.1, -0.05) is 11.6 Å². The standard InChI is InChI=1S/C17H24ClN3O3/c18-14-1-3-15(4-2-14)24-12-10-20-6-8-21(9-7-20)17(22)16-13-23-11-5-19-16/h1-4,16,19H,5-13H2. The molecule has 2 aliphatic rings. The highest BCUT2D eigenvalue weighted by Crippen LogP contribution is 2.15. The van der Waals surface area contributed by atoms with Crippen molar-refractivity contribution in [1.29, 1.82) is 0 Å². The lowest BCUT2D eigenvalue weighted by Crippen LogP contribution is -2.57. The third-order valence-corrected chi connectivity index (χ3v) is 4.65. The predicted octanol–water partition coefficient (Wildman–Crippen LogP) is 0.851. The number of ether oxygens (including phenoxy) is 2. The highest BCUT2D eigenvalue weighted by molar-refractivity contribution is 6.30. The van der Waals surface area contributed by atoms with Crippen molar-refractivity contribution in [1.82, 2.24) is 15.1 Å². The molecule has 7 heteroatoms. The lowest BCUT2D eigenvalue weighted by molar-refractivity contribution is -0.138. The monoisotopic (exact) mass is 353 g/mol. The number of morpholine rings is 1. The molecule has 2 fully saturated rings. The molecule has 0 bridgehead atoms. The first-order valence-electron chi connectivity index (χ1n) is 8.43. The molecule has 2 heterocycles. The van der Waals surface area contributed by atoms with E-state index in [1.807, 2.05) is 29.2 Å². The fourth-order valence-electron chi connectivity index (χ4n) is 2.96. The Kier molecular flexibility index (Phi) is 6.31. The van der Waals surface area contributed by atoms with Gasteiger partial charge in [0.1, 0.15) is 18.4 Å². The van der Waals surface area contributed by atoms with Crippen molar-refractivity contribution in [2.24, 2.45) is 0 Å². The molecule has 1 N–H and O–H groups in total. The first-order chi connectivity index (χ1) is 11.7. The zero-order valence-corrected chi connectivity index (χ0v) is 14.5. The largest absolute Gasteiger partial charge is 0.492 e. The van der Waals surface area contributed by atoms with Crippen molar-refractivity contribution < 1.29 is 14.3 Å². The molecule has 0 saturated carbocycles. The lowest BCUT2D eigenvalue weighted by atomic mass is 10.2. The van der Waals surface area contributed by atoms with Crippen LogP contribution < -0.4 is 10.1 Å². The molecule has 1 unspecified atom stereocenters. The number of hydrogen-bond acceptors (Lipinski definition) is 5. The second-order valence-corrected chi connectivity index (χ2v) is 6.49. The van der Waals surface area contributed by atoms with Crippen LogP contribution in [-0.2, 0) is 9.53 Å². The Balaban J connectivity index is 1.35. The minimum absolute atomic E-state index is 0.159. The third-order valence-electron chi connectivity index (χ3n) is 4.39. The fourth-order valence-corrected chi connectivity index (χ4v) is 3.09. The number of halogens is 1. The number of amides is 1. The molecular formula is C17H24ClN3O3. The van der Waals surface area contributed by atoms with E-state index in [0.29, 0.717) is 24.8 Å². The summed E-state index contributed by atoms with van der Waals surface area (Å²) in [6.45, 7) is 6.68. The topological polar surface area (TPSA) is 54.0 Å². The van der Waals surface area contributed by atoms with Gasteiger partial charge in [-0.2, -0.15) is 0 Å². The predicted molar refractivity (Wildman–Crippen MR) is 92.6 cm³/mol. The van der Waals surface area contributed by atoms with Gasteiger partial charge in [0.05, 0.1) is 13.2 Å². The summed E-state index contributed by atoms with van der Waals surface area (Å²) in [5.74, 6) is 0.989. The van der Waals surface area contributed by atoms with Crippen molar-refractivity contribution in [3.8, 4) is 5.75 Å². The first kappa shape index (κ1) is 17.5. The number of carbonyl (C=O) groups excluding carboxylic acids is 1. The Labute approximate surface area is 147 Å². The average Bonchev–Trinajstić information content (AvgIpc) is 2.64. The zero-order valence-electron chi connectivity index (χ0n) is 13.7. The SMILES string of the molecule is O=C(C1COCCN1)N1CCN(CCOc2ccc(Cl)cc2)CC1. The quantitative estimate of drug-likeness (QED) is 0.850. The fraction of sp³-hybridized carbons (Fsp3) is 0.588.